The van der Waals surface area contributed by atoms with Crippen LogP contribution in [0.3, 0.4) is 0 Å². The quantitative estimate of drug-likeness (QED) is 0.0561. The van der Waals surface area contributed by atoms with E-state index in [9.17, 15) is 14.7 Å². The third-order valence-electron chi connectivity index (χ3n) is 9.50. The fourth-order valence-corrected chi connectivity index (χ4v) is 8.26. The normalized spacial score (nSPS) is 13.1. The Morgan fingerprint density at radius 2 is 1.75 bits per heavy atom. The number of pyridine rings is 1. The number of fused-ring (bicyclic) bond motifs is 2. The third kappa shape index (κ3) is 9.18. The highest BCUT2D eigenvalue weighted by Crippen LogP contribution is 2.34. The monoisotopic (exact) mass is 788 g/mol. The lowest BCUT2D eigenvalue weighted by Gasteiger charge is -2.32. The number of hydrogen-bond donors (Lipinski definition) is 1. The van der Waals surface area contributed by atoms with Crippen molar-refractivity contribution in [1.82, 2.24) is 19.7 Å². The lowest BCUT2D eigenvalue weighted by Crippen LogP contribution is -2.37. The van der Waals surface area contributed by atoms with E-state index in [1.165, 1.54) is 11.3 Å². The Balaban J connectivity index is 1.18. The molecule has 56 heavy (non-hydrogen) atoms. The van der Waals surface area contributed by atoms with Crippen LogP contribution in [-0.4, -0.2) is 70.3 Å². The number of carbonyl (C=O) groups is 2. The summed E-state index contributed by atoms with van der Waals surface area (Å²) in [5, 5.41) is 14.8. The molecule has 0 atom stereocenters. The Morgan fingerprint density at radius 1 is 0.964 bits per heavy atom. The summed E-state index contributed by atoms with van der Waals surface area (Å²) in [7, 11) is -1.34. The van der Waals surface area contributed by atoms with Crippen molar-refractivity contribution in [3.05, 3.63) is 119 Å². The summed E-state index contributed by atoms with van der Waals surface area (Å²) < 4.78 is 14.8. The van der Waals surface area contributed by atoms with Gasteiger partial charge in [0.05, 0.1) is 23.0 Å². The Morgan fingerprint density at radius 3 is 2.50 bits per heavy atom. The topological polar surface area (TPSA) is 123 Å². The Kier molecular flexibility index (Phi) is 11.1. The molecule has 0 saturated heterocycles. The molecule has 4 heterocycles. The van der Waals surface area contributed by atoms with E-state index in [1.807, 2.05) is 87.6 Å². The number of nitrogens with zero attached hydrogens (tertiary/aromatic N) is 6. The van der Waals surface area contributed by atoms with E-state index in [-0.39, 0.29) is 24.1 Å². The zero-order chi connectivity index (χ0) is 39.6. The SMILES string of the molecule is CC(C)(C)OC(=O)c1nc(N2CCc3cccc(C(=O)N(COCC[Si](C)(C)C)c4nc5ccccc5s4)c3C2)ccc1-c1cnn(Cc2ccc(O)cc2)c1. The molecule has 3 aromatic heterocycles. The number of aromatic hydroxyl groups is 1. The lowest BCUT2D eigenvalue weighted by atomic mass is 9.94. The van der Waals surface area contributed by atoms with Gasteiger partial charge in [-0.2, -0.15) is 5.10 Å². The van der Waals surface area contributed by atoms with Gasteiger partial charge < -0.3 is 19.5 Å². The minimum atomic E-state index is -1.34. The summed E-state index contributed by atoms with van der Waals surface area (Å²) in [4.78, 5) is 42.0. The number of carbonyl (C=O) groups excluding carboxylic acids is 2. The smallest absolute Gasteiger partial charge is 0.358 e. The van der Waals surface area contributed by atoms with Crippen LogP contribution in [0.25, 0.3) is 21.3 Å². The highest BCUT2D eigenvalue weighted by molar-refractivity contribution is 7.22. The fraction of sp³-hybridized carbons (Fsp3) is 0.326. The second-order valence-corrected chi connectivity index (χ2v) is 23.0. The number of phenols is 1. The van der Waals surface area contributed by atoms with Gasteiger partial charge in [-0.25, -0.2) is 14.8 Å². The molecule has 6 aromatic rings. The molecule has 1 N–H and O–H groups in total. The summed E-state index contributed by atoms with van der Waals surface area (Å²) in [6.07, 6.45) is 4.28. The number of anilines is 2. The summed E-state index contributed by atoms with van der Waals surface area (Å²) in [5.74, 6) is 0.108. The Bertz CT molecular complexity index is 2330. The average Bonchev–Trinajstić information content (AvgIpc) is 3.81. The van der Waals surface area contributed by atoms with E-state index in [0.717, 1.165) is 38.5 Å². The van der Waals surface area contributed by atoms with E-state index >= 15 is 0 Å². The van der Waals surface area contributed by atoms with Crippen molar-refractivity contribution >= 4 is 52.5 Å². The molecular weight excluding hydrogens is 741 g/mol. The van der Waals surface area contributed by atoms with E-state index in [4.69, 9.17) is 19.4 Å². The molecule has 1 amide bonds. The standard InChI is InChI=1S/C43H48N6O5SSi/c1-43(2,3)54-41(52)39-33(31-24-44-48(26-31)25-29-14-16-32(50)17-15-29)18-19-38(46-39)47-21-20-30-10-9-11-34(35(30)27-47)40(51)49(28-53-22-23-56(4,5)6)42-45-36-12-7-8-13-37(36)55-42/h7-19,24,26,50H,20-23,25,27-28H2,1-6H3. The van der Waals surface area contributed by atoms with Crippen LogP contribution in [0, 0.1) is 0 Å². The lowest BCUT2D eigenvalue weighted by molar-refractivity contribution is 0.00637. The van der Waals surface area contributed by atoms with Crippen LogP contribution in [-0.2, 0) is 29.0 Å². The molecule has 1 aliphatic rings. The van der Waals surface area contributed by atoms with Crippen molar-refractivity contribution in [3.8, 4) is 16.9 Å². The Hall–Kier alpha value is -5.37. The molecule has 3 aromatic carbocycles. The largest absolute Gasteiger partial charge is 0.508 e. The van der Waals surface area contributed by atoms with E-state index in [2.05, 4.69) is 35.7 Å². The van der Waals surface area contributed by atoms with Crippen LogP contribution in [0.4, 0.5) is 10.9 Å². The van der Waals surface area contributed by atoms with Crippen LogP contribution < -0.4 is 9.80 Å². The highest BCUT2D eigenvalue weighted by atomic mass is 32.1. The van der Waals surface area contributed by atoms with Crippen molar-refractivity contribution in [2.45, 2.75) is 71.6 Å². The van der Waals surface area contributed by atoms with Gasteiger partial charge in [-0.05, 0) is 92.4 Å². The van der Waals surface area contributed by atoms with Crippen LogP contribution in [0.2, 0.25) is 25.7 Å². The van der Waals surface area contributed by atoms with E-state index < -0.39 is 19.6 Å². The van der Waals surface area contributed by atoms with Gasteiger partial charge in [-0.3, -0.25) is 14.4 Å². The van der Waals surface area contributed by atoms with Gasteiger partial charge in [-0.15, -0.1) is 0 Å². The van der Waals surface area contributed by atoms with Crippen LogP contribution in [0.5, 0.6) is 5.75 Å². The van der Waals surface area contributed by atoms with Gasteiger partial charge >= 0.3 is 5.97 Å². The van der Waals surface area contributed by atoms with Crippen LogP contribution in [0.15, 0.2) is 91.3 Å². The maximum absolute atomic E-state index is 14.6. The number of benzene rings is 3. The molecule has 0 spiro atoms. The van der Waals surface area contributed by atoms with Gasteiger partial charge in [0.25, 0.3) is 5.91 Å². The second kappa shape index (κ2) is 16.0. The van der Waals surface area contributed by atoms with Crippen LogP contribution in [0.1, 0.15) is 58.3 Å². The predicted molar refractivity (Wildman–Crippen MR) is 224 cm³/mol. The molecular formula is C43H48N6O5SSi. The van der Waals surface area contributed by atoms with Gasteiger partial charge in [0, 0.05) is 50.7 Å². The van der Waals surface area contributed by atoms with Gasteiger partial charge in [0.15, 0.2) is 10.8 Å². The first-order chi connectivity index (χ1) is 26.7. The average molecular weight is 789 g/mol. The van der Waals surface area contributed by atoms with Gasteiger partial charge in [-0.1, -0.05) is 67.4 Å². The molecule has 7 rings (SSSR count). The minimum absolute atomic E-state index is 0.101. The minimum Gasteiger partial charge on any atom is -0.508 e. The van der Waals surface area contributed by atoms with Crippen molar-refractivity contribution in [2.75, 3.05) is 29.7 Å². The second-order valence-electron chi connectivity index (χ2n) is 16.3. The number of rotatable bonds is 12. The maximum Gasteiger partial charge on any atom is 0.358 e. The molecule has 0 fully saturated rings. The molecule has 290 valence electrons. The molecule has 0 aliphatic carbocycles. The zero-order valence-corrected chi connectivity index (χ0v) is 34.6. The summed E-state index contributed by atoms with van der Waals surface area (Å²) in [6, 6.07) is 25.6. The number of amides is 1. The summed E-state index contributed by atoms with van der Waals surface area (Å²) in [6.45, 7) is 14.7. The Labute approximate surface area is 332 Å². The number of para-hydroxylation sites is 1. The fourth-order valence-electron chi connectivity index (χ4n) is 6.55. The summed E-state index contributed by atoms with van der Waals surface area (Å²) in [5.41, 5.74) is 5.20. The number of aromatic nitrogens is 4. The first-order valence-corrected chi connectivity index (χ1v) is 23.4. The van der Waals surface area contributed by atoms with E-state index in [1.54, 1.807) is 27.9 Å². The molecule has 0 bridgehead atoms. The van der Waals surface area contributed by atoms with Crippen molar-refractivity contribution < 1.29 is 24.2 Å². The molecule has 1 aliphatic heterocycles. The van der Waals surface area contributed by atoms with Crippen molar-refractivity contribution in [1.29, 1.82) is 0 Å². The van der Waals surface area contributed by atoms with Gasteiger partial charge in [0.2, 0.25) is 0 Å². The summed E-state index contributed by atoms with van der Waals surface area (Å²) >= 11 is 1.48. The first kappa shape index (κ1) is 38.9. The maximum atomic E-state index is 14.6. The van der Waals surface area contributed by atoms with E-state index in [0.29, 0.717) is 54.7 Å². The zero-order valence-electron chi connectivity index (χ0n) is 32.8. The predicted octanol–water partition coefficient (Wildman–Crippen LogP) is 8.79. The van der Waals surface area contributed by atoms with Crippen molar-refractivity contribution in [2.24, 2.45) is 0 Å². The van der Waals surface area contributed by atoms with Crippen LogP contribution >= 0.6 is 11.3 Å². The first-order valence-electron chi connectivity index (χ1n) is 18.9. The number of esters is 1. The van der Waals surface area contributed by atoms with Gasteiger partial charge in [0.1, 0.15) is 23.9 Å². The molecule has 0 saturated carbocycles. The highest BCUT2D eigenvalue weighted by Gasteiger charge is 2.30. The molecule has 13 heteroatoms. The van der Waals surface area contributed by atoms with Crippen molar-refractivity contribution in [3.63, 3.8) is 0 Å². The third-order valence-corrected chi connectivity index (χ3v) is 12.3. The molecule has 0 unspecified atom stereocenters. The number of phenolic OH excluding ortho intramolecular Hbond substituents is 1. The number of thiazole rings is 1. The molecule has 11 nitrogen and oxygen atoms in total. The molecule has 0 radical (unpaired) electrons. The number of ether oxygens (including phenoxy) is 2. The number of hydrogen-bond acceptors (Lipinski definition) is 10.